The first-order valence-electron chi connectivity index (χ1n) is 6.32. The zero-order valence-corrected chi connectivity index (χ0v) is 11.0. The second-order valence-corrected chi connectivity index (χ2v) is 4.78. The Balaban J connectivity index is 1.95. The molecule has 0 spiro atoms. The molecule has 1 atom stereocenters. The molecule has 1 aliphatic rings. The number of carbonyl (C=O) groups is 1. The summed E-state index contributed by atoms with van der Waals surface area (Å²) in [5.41, 5.74) is 1.84. The number of carbonyl (C=O) groups excluding carboxylic acids is 1. The number of benzene rings is 1. The van der Waals surface area contributed by atoms with Gasteiger partial charge in [-0.05, 0) is 24.6 Å². The van der Waals surface area contributed by atoms with E-state index in [0.29, 0.717) is 11.6 Å². The van der Waals surface area contributed by atoms with Crippen molar-refractivity contribution in [3.05, 3.63) is 35.4 Å². The van der Waals surface area contributed by atoms with Crippen LogP contribution >= 0.6 is 0 Å². The predicted octanol–water partition coefficient (Wildman–Crippen LogP) is 1.27. The molecule has 1 heterocycles. The SMILES string of the molecule is COC(=O)c1ccc(CN2CCN[C@@H](C)C2)cc1. The summed E-state index contributed by atoms with van der Waals surface area (Å²) in [6.45, 7) is 6.32. The molecule has 1 N–H and O–H groups in total. The van der Waals surface area contributed by atoms with E-state index in [1.54, 1.807) is 0 Å². The summed E-state index contributed by atoms with van der Waals surface area (Å²) in [4.78, 5) is 13.7. The van der Waals surface area contributed by atoms with E-state index < -0.39 is 0 Å². The largest absolute Gasteiger partial charge is 0.465 e. The van der Waals surface area contributed by atoms with Crippen LogP contribution in [0.25, 0.3) is 0 Å². The van der Waals surface area contributed by atoms with E-state index in [-0.39, 0.29) is 5.97 Å². The van der Waals surface area contributed by atoms with Crippen molar-refractivity contribution in [2.45, 2.75) is 19.5 Å². The molecule has 0 radical (unpaired) electrons. The van der Waals surface area contributed by atoms with Crippen LogP contribution in [0.5, 0.6) is 0 Å². The van der Waals surface area contributed by atoms with E-state index >= 15 is 0 Å². The average Bonchev–Trinajstić information content (AvgIpc) is 2.39. The van der Waals surface area contributed by atoms with Crippen LogP contribution in [0, 0.1) is 0 Å². The minimum Gasteiger partial charge on any atom is -0.465 e. The summed E-state index contributed by atoms with van der Waals surface area (Å²) in [6.07, 6.45) is 0. The maximum Gasteiger partial charge on any atom is 0.337 e. The fraction of sp³-hybridized carbons (Fsp3) is 0.500. The predicted molar refractivity (Wildman–Crippen MR) is 70.5 cm³/mol. The van der Waals surface area contributed by atoms with Crippen molar-refractivity contribution in [3.8, 4) is 0 Å². The molecule has 4 heteroatoms. The van der Waals surface area contributed by atoms with Crippen LogP contribution in [0.2, 0.25) is 0 Å². The Morgan fingerprint density at radius 3 is 2.78 bits per heavy atom. The van der Waals surface area contributed by atoms with Gasteiger partial charge in [0.15, 0.2) is 0 Å². The summed E-state index contributed by atoms with van der Waals surface area (Å²) in [5.74, 6) is -0.280. The summed E-state index contributed by atoms with van der Waals surface area (Å²) in [7, 11) is 1.40. The minimum absolute atomic E-state index is 0.280. The zero-order valence-electron chi connectivity index (χ0n) is 11.0. The topological polar surface area (TPSA) is 41.6 Å². The molecule has 0 aliphatic carbocycles. The summed E-state index contributed by atoms with van der Waals surface area (Å²) in [5, 5.41) is 3.43. The van der Waals surface area contributed by atoms with Crippen molar-refractivity contribution in [2.75, 3.05) is 26.7 Å². The molecule has 1 aliphatic heterocycles. The Morgan fingerprint density at radius 2 is 2.17 bits per heavy atom. The molecule has 1 aromatic carbocycles. The highest BCUT2D eigenvalue weighted by molar-refractivity contribution is 5.89. The normalized spacial score (nSPS) is 20.7. The summed E-state index contributed by atoms with van der Waals surface area (Å²) < 4.78 is 4.68. The van der Waals surface area contributed by atoms with Gasteiger partial charge in [0.25, 0.3) is 0 Å². The molecule has 1 fully saturated rings. The van der Waals surface area contributed by atoms with Crippen LogP contribution in [0.3, 0.4) is 0 Å². The number of nitrogens with zero attached hydrogens (tertiary/aromatic N) is 1. The molecule has 0 amide bonds. The lowest BCUT2D eigenvalue weighted by molar-refractivity contribution is 0.0600. The van der Waals surface area contributed by atoms with Crippen LogP contribution < -0.4 is 5.32 Å². The molecule has 1 saturated heterocycles. The molecule has 98 valence electrons. The van der Waals surface area contributed by atoms with Crippen molar-refractivity contribution < 1.29 is 9.53 Å². The first-order valence-corrected chi connectivity index (χ1v) is 6.32. The number of hydrogen-bond acceptors (Lipinski definition) is 4. The Morgan fingerprint density at radius 1 is 1.44 bits per heavy atom. The van der Waals surface area contributed by atoms with Crippen molar-refractivity contribution >= 4 is 5.97 Å². The van der Waals surface area contributed by atoms with E-state index in [9.17, 15) is 4.79 Å². The highest BCUT2D eigenvalue weighted by Crippen LogP contribution is 2.10. The molecule has 2 rings (SSSR count). The molecular formula is C14H20N2O2. The van der Waals surface area contributed by atoms with Crippen molar-refractivity contribution in [1.82, 2.24) is 10.2 Å². The van der Waals surface area contributed by atoms with E-state index in [4.69, 9.17) is 0 Å². The maximum atomic E-state index is 11.3. The molecule has 1 aromatic rings. The molecule has 0 bridgehead atoms. The number of hydrogen-bond donors (Lipinski definition) is 1. The Labute approximate surface area is 108 Å². The number of piperazine rings is 1. The van der Waals surface area contributed by atoms with Gasteiger partial charge >= 0.3 is 5.97 Å². The smallest absolute Gasteiger partial charge is 0.337 e. The number of esters is 1. The van der Waals surface area contributed by atoms with Gasteiger partial charge in [-0.15, -0.1) is 0 Å². The third-order valence-electron chi connectivity index (χ3n) is 3.23. The van der Waals surface area contributed by atoms with Crippen molar-refractivity contribution in [2.24, 2.45) is 0 Å². The van der Waals surface area contributed by atoms with Crippen LogP contribution in [0.1, 0.15) is 22.8 Å². The second-order valence-electron chi connectivity index (χ2n) is 4.78. The highest BCUT2D eigenvalue weighted by Gasteiger charge is 2.15. The Bertz CT molecular complexity index is 403. The van der Waals surface area contributed by atoms with Crippen LogP contribution in [0.4, 0.5) is 0 Å². The fourth-order valence-corrected chi connectivity index (χ4v) is 2.28. The molecular weight excluding hydrogens is 228 g/mol. The quantitative estimate of drug-likeness (QED) is 0.818. The van der Waals surface area contributed by atoms with Gasteiger partial charge < -0.3 is 10.1 Å². The number of methoxy groups -OCH3 is 1. The summed E-state index contributed by atoms with van der Waals surface area (Å²) in [6, 6.07) is 8.20. The van der Waals surface area contributed by atoms with Gasteiger partial charge in [0.05, 0.1) is 12.7 Å². The lowest BCUT2D eigenvalue weighted by Gasteiger charge is -2.31. The Hall–Kier alpha value is -1.39. The third-order valence-corrected chi connectivity index (χ3v) is 3.23. The highest BCUT2D eigenvalue weighted by atomic mass is 16.5. The Kier molecular flexibility index (Phi) is 4.33. The molecule has 18 heavy (non-hydrogen) atoms. The first-order chi connectivity index (χ1) is 8.69. The molecule has 0 unspecified atom stereocenters. The lowest BCUT2D eigenvalue weighted by atomic mass is 10.1. The fourth-order valence-electron chi connectivity index (χ4n) is 2.28. The van der Waals surface area contributed by atoms with Gasteiger partial charge in [0.2, 0.25) is 0 Å². The monoisotopic (exact) mass is 248 g/mol. The van der Waals surface area contributed by atoms with Gasteiger partial charge in [-0.2, -0.15) is 0 Å². The third kappa shape index (κ3) is 3.31. The zero-order chi connectivity index (χ0) is 13.0. The average molecular weight is 248 g/mol. The van der Waals surface area contributed by atoms with Gasteiger partial charge in [-0.25, -0.2) is 4.79 Å². The van der Waals surface area contributed by atoms with Gasteiger partial charge in [-0.1, -0.05) is 12.1 Å². The van der Waals surface area contributed by atoms with Gasteiger partial charge in [0, 0.05) is 32.2 Å². The molecule has 0 aromatic heterocycles. The standard InChI is InChI=1S/C14H20N2O2/c1-11-9-16(8-7-15-11)10-12-3-5-13(6-4-12)14(17)18-2/h3-6,11,15H,7-10H2,1-2H3/t11-/m0/s1. The lowest BCUT2D eigenvalue weighted by Crippen LogP contribution is -2.48. The minimum atomic E-state index is -0.280. The number of ether oxygens (including phenoxy) is 1. The van der Waals surface area contributed by atoms with E-state index in [1.807, 2.05) is 24.3 Å². The molecule has 4 nitrogen and oxygen atoms in total. The first kappa shape index (κ1) is 13.1. The van der Waals surface area contributed by atoms with Crippen molar-refractivity contribution in [3.63, 3.8) is 0 Å². The van der Waals surface area contributed by atoms with Crippen LogP contribution in [0.15, 0.2) is 24.3 Å². The van der Waals surface area contributed by atoms with Crippen LogP contribution in [-0.2, 0) is 11.3 Å². The summed E-state index contributed by atoms with van der Waals surface area (Å²) >= 11 is 0. The van der Waals surface area contributed by atoms with Gasteiger partial charge in [0.1, 0.15) is 0 Å². The number of rotatable bonds is 3. The van der Waals surface area contributed by atoms with E-state index in [0.717, 1.165) is 26.2 Å². The van der Waals surface area contributed by atoms with Gasteiger partial charge in [-0.3, -0.25) is 4.90 Å². The maximum absolute atomic E-state index is 11.3. The van der Waals surface area contributed by atoms with E-state index in [2.05, 4.69) is 21.9 Å². The van der Waals surface area contributed by atoms with Crippen LogP contribution in [-0.4, -0.2) is 43.7 Å². The number of nitrogens with one attached hydrogen (secondary N) is 1. The second kappa shape index (κ2) is 5.98. The molecule has 0 saturated carbocycles. The van der Waals surface area contributed by atoms with Crippen molar-refractivity contribution in [1.29, 1.82) is 0 Å². The van der Waals surface area contributed by atoms with E-state index in [1.165, 1.54) is 12.7 Å².